The van der Waals surface area contributed by atoms with Gasteiger partial charge >= 0.3 is 0 Å². The zero-order chi connectivity index (χ0) is 18.0. The molecule has 3 N–H and O–H groups in total. The molecular formula is C20H20F2N2O. The molecule has 5 heteroatoms. The number of amides is 1. The number of fused-ring (bicyclic) bond motifs is 2. The van der Waals surface area contributed by atoms with Crippen LogP contribution in [0.25, 0.3) is 0 Å². The van der Waals surface area contributed by atoms with Crippen LogP contribution in [0.3, 0.4) is 0 Å². The fourth-order valence-electron chi connectivity index (χ4n) is 4.26. The van der Waals surface area contributed by atoms with Crippen LogP contribution in [0.5, 0.6) is 0 Å². The second-order valence-electron chi connectivity index (χ2n) is 7.44. The summed E-state index contributed by atoms with van der Waals surface area (Å²) in [6.07, 6.45) is -0.115. The molecular weight excluding hydrogens is 322 g/mol. The minimum Gasteiger partial charge on any atom is -0.399 e. The Morgan fingerprint density at radius 3 is 2.36 bits per heavy atom. The van der Waals surface area contributed by atoms with Crippen molar-refractivity contribution in [3.63, 3.8) is 0 Å². The molecule has 0 unspecified atom stereocenters. The SMILES string of the molecule is Cc1cc(N)cc(C)c1Cc1ccc2c(c1)C1(CC(F)(F)C1)C(=O)N2. The first kappa shape index (κ1) is 16.1. The van der Waals surface area contributed by atoms with Crippen LogP contribution in [-0.2, 0) is 16.6 Å². The largest absolute Gasteiger partial charge is 0.399 e. The Labute approximate surface area is 145 Å². The zero-order valence-corrected chi connectivity index (χ0v) is 14.2. The van der Waals surface area contributed by atoms with E-state index >= 15 is 0 Å². The van der Waals surface area contributed by atoms with E-state index in [0.717, 1.165) is 22.4 Å². The van der Waals surface area contributed by atoms with Crippen molar-refractivity contribution in [1.29, 1.82) is 0 Å². The summed E-state index contributed by atoms with van der Waals surface area (Å²) in [6.45, 7) is 4.04. The Morgan fingerprint density at radius 2 is 1.76 bits per heavy atom. The highest BCUT2D eigenvalue weighted by atomic mass is 19.3. The molecule has 0 aromatic heterocycles. The number of rotatable bonds is 2. The Balaban J connectivity index is 1.71. The van der Waals surface area contributed by atoms with Crippen molar-refractivity contribution in [2.45, 2.75) is 44.4 Å². The maximum absolute atomic E-state index is 13.5. The van der Waals surface area contributed by atoms with Crippen molar-refractivity contribution < 1.29 is 13.6 Å². The maximum Gasteiger partial charge on any atom is 0.250 e. The molecule has 1 heterocycles. The van der Waals surface area contributed by atoms with Gasteiger partial charge in [-0.1, -0.05) is 12.1 Å². The van der Waals surface area contributed by atoms with Crippen molar-refractivity contribution in [2.75, 3.05) is 11.1 Å². The fourth-order valence-corrected chi connectivity index (χ4v) is 4.26. The lowest BCUT2D eigenvalue weighted by molar-refractivity contribution is -0.152. The lowest BCUT2D eigenvalue weighted by Crippen LogP contribution is -2.53. The second kappa shape index (κ2) is 5.04. The van der Waals surface area contributed by atoms with E-state index in [0.29, 0.717) is 17.7 Å². The average Bonchev–Trinajstić information content (AvgIpc) is 2.74. The highest BCUT2D eigenvalue weighted by Gasteiger charge is 2.64. The predicted octanol–water partition coefficient (Wildman–Crippen LogP) is 4.10. The molecule has 1 aliphatic carbocycles. The number of halogens is 2. The van der Waals surface area contributed by atoms with Crippen LogP contribution in [0.1, 0.15) is 40.7 Å². The van der Waals surface area contributed by atoms with Crippen LogP contribution < -0.4 is 11.1 Å². The number of alkyl halides is 2. The number of nitrogens with one attached hydrogen (secondary N) is 1. The average molecular weight is 342 g/mol. The molecule has 2 aliphatic rings. The summed E-state index contributed by atoms with van der Waals surface area (Å²) in [4.78, 5) is 12.3. The quantitative estimate of drug-likeness (QED) is 0.808. The molecule has 1 aliphatic heterocycles. The molecule has 0 bridgehead atoms. The molecule has 1 fully saturated rings. The lowest BCUT2D eigenvalue weighted by Gasteiger charge is -2.43. The fraction of sp³-hybridized carbons (Fsp3) is 0.350. The van der Waals surface area contributed by atoms with E-state index in [9.17, 15) is 13.6 Å². The summed E-state index contributed by atoms with van der Waals surface area (Å²) in [5, 5.41) is 2.76. The van der Waals surface area contributed by atoms with Gasteiger partial charge in [-0.25, -0.2) is 8.78 Å². The third-order valence-electron chi connectivity index (χ3n) is 5.50. The lowest BCUT2D eigenvalue weighted by atomic mass is 9.62. The summed E-state index contributed by atoms with van der Waals surface area (Å²) in [5.41, 5.74) is 11.3. The molecule has 3 nitrogen and oxygen atoms in total. The minimum atomic E-state index is -2.75. The summed E-state index contributed by atoms with van der Waals surface area (Å²) < 4.78 is 27.0. The molecule has 0 saturated heterocycles. The first-order valence-electron chi connectivity index (χ1n) is 8.38. The smallest absolute Gasteiger partial charge is 0.250 e. The number of aryl methyl sites for hydroxylation is 2. The van der Waals surface area contributed by atoms with Crippen LogP contribution in [0.15, 0.2) is 30.3 Å². The highest BCUT2D eigenvalue weighted by Crippen LogP contribution is 2.58. The molecule has 2 aromatic carbocycles. The highest BCUT2D eigenvalue weighted by molar-refractivity contribution is 6.07. The maximum atomic E-state index is 13.5. The second-order valence-corrected chi connectivity index (χ2v) is 7.44. The van der Waals surface area contributed by atoms with Gasteiger partial charge in [0, 0.05) is 24.2 Å². The van der Waals surface area contributed by atoms with Gasteiger partial charge in [0.1, 0.15) is 0 Å². The minimum absolute atomic E-state index is 0.301. The van der Waals surface area contributed by atoms with Gasteiger partial charge in [0.05, 0.1) is 5.41 Å². The number of nitrogens with two attached hydrogens (primary N) is 1. The number of nitrogen functional groups attached to an aromatic ring is 1. The number of carbonyl (C=O) groups is 1. The van der Waals surface area contributed by atoms with E-state index < -0.39 is 24.2 Å². The number of benzene rings is 2. The topological polar surface area (TPSA) is 55.1 Å². The standard InChI is InChI=1S/C20H20F2N2O/c1-11-5-14(23)6-12(2)15(11)7-13-3-4-17-16(8-13)19(18(25)24-17)9-20(21,22)10-19/h3-6,8H,7,9-10,23H2,1-2H3,(H,24,25). The van der Waals surface area contributed by atoms with E-state index in [-0.39, 0.29) is 5.91 Å². The number of hydrogen-bond acceptors (Lipinski definition) is 2. The van der Waals surface area contributed by atoms with E-state index in [1.807, 2.05) is 44.2 Å². The Hall–Kier alpha value is -2.43. The summed E-state index contributed by atoms with van der Waals surface area (Å²) in [6, 6.07) is 9.57. The Kier molecular flexibility index (Phi) is 3.24. The molecule has 25 heavy (non-hydrogen) atoms. The molecule has 1 saturated carbocycles. The molecule has 0 atom stereocenters. The Morgan fingerprint density at radius 1 is 1.12 bits per heavy atom. The third-order valence-corrected chi connectivity index (χ3v) is 5.50. The molecule has 0 radical (unpaired) electrons. The number of anilines is 2. The number of carbonyl (C=O) groups excluding carboxylic acids is 1. The normalized spacial score (nSPS) is 19.4. The van der Waals surface area contributed by atoms with E-state index in [1.54, 1.807) is 0 Å². The van der Waals surface area contributed by atoms with Gasteiger partial charge < -0.3 is 11.1 Å². The predicted molar refractivity (Wildman–Crippen MR) is 94.1 cm³/mol. The summed E-state index contributed by atoms with van der Waals surface area (Å²) >= 11 is 0. The van der Waals surface area contributed by atoms with Gasteiger partial charge in [-0.15, -0.1) is 0 Å². The van der Waals surface area contributed by atoms with Crippen LogP contribution in [0.4, 0.5) is 20.2 Å². The van der Waals surface area contributed by atoms with Gasteiger partial charge in [0.25, 0.3) is 5.92 Å². The summed E-state index contributed by atoms with van der Waals surface area (Å²) in [5.74, 6) is -3.05. The molecule has 4 rings (SSSR count). The summed E-state index contributed by atoms with van der Waals surface area (Å²) in [7, 11) is 0. The molecule has 2 aromatic rings. The molecule has 1 spiro atoms. The van der Waals surface area contributed by atoms with Crippen LogP contribution in [0, 0.1) is 13.8 Å². The van der Waals surface area contributed by atoms with Gasteiger partial charge in [-0.05, 0) is 66.3 Å². The van der Waals surface area contributed by atoms with Crippen LogP contribution in [-0.4, -0.2) is 11.8 Å². The van der Waals surface area contributed by atoms with Crippen molar-refractivity contribution in [3.05, 3.63) is 58.1 Å². The van der Waals surface area contributed by atoms with Crippen molar-refractivity contribution in [3.8, 4) is 0 Å². The monoisotopic (exact) mass is 342 g/mol. The van der Waals surface area contributed by atoms with E-state index in [4.69, 9.17) is 5.73 Å². The number of hydrogen-bond donors (Lipinski definition) is 2. The van der Waals surface area contributed by atoms with E-state index in [1.165, 1.54) is 5.56 Å². The van der Waals surface area contributed by atoms with E-state index in [2.05, 4.69) is 5.32 Å². The first-order valence-corrected chi connectivity index (χ1v) is 8.38. The zero-order valence-electron chi connectivity index (χ0n) is 14.2. The van der Waals surface area contributed by atoms with Gasteiger partial charge in [-0.2, -0.15) is 0 Å². The van der Waals surface area contributed by atoms with Crippen molar-refractivity contribution in [2.24, 2.45) is 0 Å². The molecule has 130 valence electrons. The third kappa shape index (κ3) is 2.41. The van der Waals surface area contributed by atoms with Gasteiger partial charge in [0.2, 0.25) is 5.91 Å². The van der Waals surface area contributed by atoms with Crippen LogP contribution in [0.2, 0.25) is 0 Å². The van der Waals surface area contributed by atoms with Crippen LogP contribution >= 0.6 is 0 Å². The first-order chi connectivity index (χ1) is 11.7. The molecule has 1 amide bonds. The van der Waals surface area contributed by atoms with Gasteiger partial charge in [0.15, 0.2) is 0 Å². The Bertz CT molecular complexity index is 874. The van der Waals surface area contributed by atoms with Crippen molar-refractivity contribution >= 4 is 17.3 Å². The van der Waals surface area contributed by atoms with Crippen molar-refractivity contribution in [1.82, 2.24) is 0 Å². The van der Waals surface area contributed by atoms with Gasteiger partial charge in [-0.3, -0.25) is 4.79 Å².